The molecule has 108 valence electrons. The molecule has 1 aromatic rings. The van der Waals surface area contributed by atoms with E-state index in [0.29, 0.717) is 19.8 Å². The van der Waals surface area contributed by atoms with Gasteiger partial charge in [0.25, 0.3) is 5.92 Å². The van der Waals surface area contributed by atoms with Crippen LogP contribution in [-0.4, -0.2) is 51.2 Å². The Morgan fingerprint density at radius 2 is 1.95 bits per heavy atom. The van der Waals surface area contributed by atoms with Crippen molar-refractivity contribution in [2.24, 2.45) is 0 Å². The third-order valence-corrected chi connectivity index (χ3v) is 2.67. The Morgan fingerprint density at radius 1 is 1.26 bits per heavy atom. The lowest BCUT2D eigenvalue weighted by molar-refractivity contribution is -0.0287. The lowest BCUT2D eigenvalue weighted by Gasteiger charge is -2.23. The fourth-order valence-electron chi connectivity index (χ4n) is 1.77. The van der Waals surface area contributed by atoms with Crippen LogP contribution in [0.4, 0.5) is 8.78 Å². The smallest absolute Gasteiger partial charge is 0.272 e. The SMILES string of the molecule is CNCC(F)(F)CN(C)CCOCc1ccccc1. The number of rotatable bonds is 9. The Morgan fingerprint density at radius 3 is 2.58 bits per heavy atom. The van der Waals surface area contributed by atoms with Crippen molar-refractivity contribution in [1.82, 2.24) is 10.2 Å². The van der Waals surface area contributed by atoms with Crippen LogP contribution in [0.3, 0.4) is 0 Å². The molecule has 0 radical (unpaired) electrons. The van der Waals surface area contributed by atoms with Gasteiger partial charge in [0, 0.05) is 6.54 Å². The highest BCUT2D eigenvalue weighted by atomic mass is 19.3. The molecular weight excluding hydrogens is 250 g/mol. The summed E-state index contributed by atoms with van der Waals surface area (Å²) in [5.41, 5.74) is 1.09. The third kappa shape index (κ3) is 7.20. The maximum absolute atomic E-state index is 13.3. The minimum Gasteiger partial charge on any atom is -0.375 e. The molecule has 0 aliphatic carbocycles. The molecule has 0 amide bonds. The van der Waals surface area contributed by atoms with Crippen molar-refractivity contribution in [3.8, 4) is 0 Å². The minimum absolute atomic E-state index is 0.261. The van der Waals surface area contributed by atoms with Crippen LogP contribution < -0.4 is 5.32 Å². The number of benzene rings is 1. The van der Waals surface area contributed by atoms with E-state index in [0.717, 1.165) is 5.56 Å². The van der Waals surface area contributed by atoms with Crippen molar-refractivity contribution in [3.05, 3.63) is 35.9 Å². The van der Waals surface area contributed by atoms with Crippen LogP contribution in [0.1, 0.15) is 5.56 Å². The number of ether oxygens (including phenoxy) is 1. The number of alkyl halides is 2. The average molecular weight is 272 g/mol. The van der Waals surface area contributed by atoms with Gasteiger partial charge in [-0.2, -0.15) is 0 Å². The molecular formula is C14H22F2N2O. The summed E-state index contributed by atoms with van der Waals surface area (Å²) in [5.74, 6) is -2.71. The number of nitrogens with one attached hydrogen (secondary N) is 1. The summed E-state index contributed by atoms with van der Waals surface area (Å²) in [6, 6.07) is 9.79. The van der Waals surface area contributed by atoms with E-state index >= 15 is 0 Å². The Hall–Kier alpha value is -1.04. The van der Waals surface area contributed by atoms with Gasteiger partial charge >= 0.3 is 0 Å². The Balaban J connectivity index is 2.15. The summed E-state index contributed by atoms with van der Waals surface area (Å²) in [7, 11) is 3.20. The van der Waals surface area contributed by atoms with Gasteiger partial charge in [-0.1, -0.05) is 30.3 Å². The van der Waals surface area contributed by atoms with Crippen molar-refractivity contribution < 1.29 is 13.5 Å². The lowest BCUT2D eigenvalue weighted by Crippen LogP contribution is -2.42. The van der Waals surface area contributed by atoms with Crippen molar-refractivity contribution in [1.29, 1.82) is 0 Å². The average Bonchev–Trinajstić information content (AvgIpc) is 2.35. The number of nitrogens with zero attached hydrogens (tertiary/aromatic N) is 1. The quantitative estimate of drug-likeness (QED) is 0.696. The second-order valence-electron chi connectivity index (χ2n) is 4.66. The first-order valence-corrected chi connectivity index (χ1v) is 6.36. The molecule has 0 atom stereocenters. The summed E-state index contributed by atoms with van der Waals surface area (Å²) >= 11 is 0. The van der Waals surface area contributed by atoms with Gasteiger partial charge in [0.1, 0.15) is 0 Å². The second-order valence-corrected chi connectivity index (χ2v) is 4.66. The van der Waals surface area contributed by atoms with Gasteiger partial charge in [-0.3, -0.25) is 4.90 Å². The molecule has 19 heavy (non-hydrogen) atoms. The lowest BCUT2D eigenvalue weighted by atomic mass is 10.2. The first-order chi connectivity index (χ1) is 9.03. The first kappa shape index (κ1) is 16.0. The molecule has 1 aromatic carbocycles. The fourth-order valence-corrected chi connectivity index (χ4v) is 1.77. The van der Waals surface area contributed by atoms with Crippen LogP contribution in [0.25, 0.3) is 0 Å². The third-order valence-electron chi connectivity index (χ3n) is 2.67. The van der Waals surface area contributed by atoms with Gasteiger partial charge in [-0.15, -0.1) is 0 Å². The highest BCUT2D eigenvalue weighted by Crippen LogP contribution is 2.12. The maximum atomic E-state index is 13.3. The van der Waals surface area contributed by atoms with Gasteiger partial charge in [0.2, 0.25) is 0 Å². The molecule has 0 unspecified atom stereocenters. The molecule has 0 spiro atoms. The molecule has 0 heterocycles. The number of hydrogen-bond acceptors (Lipinski definition) is 3. The zero-order chi connectivity index (χ0) is 14.1. The van der Waals surface area contributed by atoms with Crippen LogP contribution in [0, 0.1) is 0 Å². The van der Waals surface area contributed by atoms with Gasteiger partial charge in [-0.25, -0.2) is 8.78 Å². The molecule has 3 nitrogen and oxygen atoms in total. The molecule has 0 fully saturated rings. The van der Waals surface area contributed by atoms with Crippen molar-refractivity contribution >= 4 is 0 Å². The van der Waals surface area contributed by atoms with E-state index < -0.39 is 5.92 Å². The highest BCUT2D eigenvalue weighted by molar-refractivity contribution is 5.13. The van der Waals surface area contributed by atoms with E-state index in [4.69, 9.17) is 4.74 Å². The van der Waals surface area contributed by atoms with E-state index in [1.54, 1.807) is 11.9 Å². The van der Waals surface area contributed by atoms with Gasteiger partial charge in [-0.05, 0) is 19.7 Å². The van der Waals surface area contributed by atoms with Crippen LogP contribution in [0.15, 0.2) is 30.3 Å². The Bertz CT molecular complexity index is 347. The van der Waals surface area contributed by atoms with Gasteiger partial charge < -0.3 is 10.1 Å². The number of halogens is 2. The summed E-state index contributed by atoms with van der Waals surface area (Å²) in [5, 5.41) is 2.49. The molecule has 1 N–H and O–H groups in total. The topological polar surface area (TPSA) is 24.5 Å². The van der Waals surface area contributed by atoms with Gasteiger partial charge in [0.15, 0.2) is 0 Å². The number of likely N-dealkylation sites (N-methyl/N-ethyl adjacent to an activating group) is 1. The first-order valence-electron chi connectivity index (χ1n) is 6.36. The van der Waals surface area contributed by atoms with Gasteiger partial charge in [0.05, 0.1) is 26.3 Å². The van der Waals surface area contributed by atoms with Crippen LogP contribution in [0.5, 0.6) is 0 Å². The summed E-state index contributed by atoms with van der Waals surface area (Å²) in [4.78, 5) is 1.59. The molecule has 0 aliphatic heterocycles. The normalized spacial score (nSPS) is 12.1. The molecule has 5 heteroatoms. The molecule has 0 saturated heterocycles. The summed E-state index contributed by atoms with van der Waals surface area (Å²) in [6.45, 7) is 0.888. The van der Waals surface area contributed by atoms with Crippen molar-refractivity contribution in [3.63, 3.8) is 0 Å². The standard InChI is InChI=1S/C14H22F2N2O/c1-17-11-14(15,16)12-18(2)8-9-19-10-13-6-4-3-5-7-13/h3-7,17H,8-12H2,1-2H3. The van der Waals surface area contributed by atoms with Crippen molar-refractivity contribution in [2.45, 2.75) is 12.5 Å². The largest absolute Gasteiger partial charge is 0.375 e. The van der Waals surface area contributed by atoms with Crippen LogP contribution in [-0.2, 0) is 11.3 Å². The predicted octanol–water partition coefficient (Wildman–Crippen LogP) is 1.99. The molecule has 0 saturated carbocycles. The zero-order valence-electron chi connectivity index (χ0n) is 11.5. The summed E-state index contributed by atoms with van der Waals surface area (Å²) in [6.07, 6.45) is 0. The van der Waals surface area contributed by atoms with E-state index in [1.165, 1.54) is 7.05 Å². The van der Waals surface area contributed by atoms with Crippen molar-refractivity contribution in [2.75, 3.05) is 40.3 Å². The highest BCUT2D eigenvalue weighted by Gasteiger charge is 2.29. The molecule has 0 bridgehead atoms. The Kier molecular flexibility index (Phi) is 6.91. The summed E-state index contributed by atoms with van der Waals surface area (Å²) < 4.78 is 32.1. The van der Waals surface area contributed by atoms with E-state index in [9.17, 15) is 8.78 Å². The molecule has 1 rings (SSSR count). The second kappa shape index (κ2) is 8.19. The minimum atomic E-state index is -2.71. The van der Waals surface area contributed by atoms with E-state index in [2.05, 4.69) is 5.32 Å². The fraction of sp³-hybridized carbons (Fsp3) is 0.571. The number of hydrogen-bond donors (Lipinski definition) is 1. The monoisotopic (exact) mass is 272 g/mol. The van der Waals surface area contributed by atoms with E-state index in [-0.39, 0.29) is 13.1 Å². The molecule has 0 aliphatic rings. The predicted molar refractivity (Wildman–Crippen MR) is 72.5 cm³/mol. The van der Waals surface area contributed by atoms with E-state index in [1.807, 2.05) is 30.3 Å². The zero-order valence-corrected chi connectivity index (χ0v) is 11.5. The molecule has 0 aromatic heterocycles. The maximum Gasteiger partial charge on any atom is 0.272 e. The van der Waals surface area contributed by atoms with Crippen LogP contribution >= 0.6 is 0 Å². The van der Waals surface area contributed by atoms with Crippen LogP contribution in [0.2, 0.25) is 0 Å². The Labute approximate surface area is 113 Å².